The number of benzene rings is 2. The number of nitrogens with one attached hydrogen (secondary N) is 2. The van der Waals surface area contributed by atoms with Gasteiger partial charge in [0.25, 0.3) is 11.8 Å². The van der Waals surface area contributed by atoms with Crippen LogP contribution >= 0.6 is 0 Å². The first-order chi connectivity index (χ1) is 16.0. The van der Waals surface area contributed by atoms with Crippen molar-refractivity contribution in [1.82, 2.24) is 15.5 Å². The summed E-state index contributed by atoms with van der Waals surface area (Å²) in [6.45, 7) is 0.731. The molecule has 2 aliphatic rings. The summed E-state index contributed by atoms with van der Waals surface area (Å²) in [5.41, 5.74) is 1.46. The van der Waals surface area contributed by atoms with Crippen molar-refractivity contribution >= 4 is 35.2 Å². The van der Waals surface area contributed by atoms with E-state index in [1.165, 1.54) is 0 Å². The molecule has 0 bridgehead atoms. The molecule has 1 fully saturated rings. The van der Waals surface area contributed by atoms with Gasteiger partial charge < -0.3 is 15.5 Å². The Morgan fingerprint density at radius 3 is 2.12 bits per heavy atom. The van der Waals surface area contributed by atoms with Crippen LogP contribution in [0.3, 0.4) is 0 Å². The van der Waals surface area contributed by atoms with E-state index in [-0.39, 0.29) is 50.2 Å². The van der Waals surface area contributed by atoms with Crippen LogP contribution in [0, 0.1) is 5.92 Å². The van der Waals surface area contributed by atoms with E-state index < -0.39 is 17.7 Å². The quantitative estimate of drug-likeness (QED) is 0.461. The van der Waals surface area contributed by atoms with Crippen molar-refractivity contribution in [2.75, 3.05) is 31.1 Å². The molecule has 4 rings (SSSR count). The molecular weight excluding hydrogens is 424 g/mol. The summed E-state index contributed by atoms with van der Waals surface area (Å²) in [4.78, 5) is 64.1. The van der Waals surface area contributed by atoms with Crippen molar-refractivity contribution in [2.24, 2.45) is 5.92 Å². The number of hydrogen-bond donors (Lipinski definition) is 2. The molecule has 170 valence electrons. The highest BCUT2D eigenvalue weighted by atomic mass is 16.2. The van der Waals surface area contributed by atoms with E-state index in [0.717, 1.165) is 10.6 Å². The van der Waals surface area contributed by atoms with Gasteiger partial charge in [-0.3, -0.25) is 28.9 Å². The third-order valence-electron chi connectivity index (χ3n) is 5.75. The minimum absolute atomic E-state index is 0.00988. The van der Waals surface area contributed by atoms with Crippen LogP contribution in [0.15, 0.2) is 54.6 Å². The number of hydrogen-bond acceptors (Lipinski definition) is 5. The highest BCUT2D eigenvalue weighted by Gasteiger charge is 2.36. The molecule has 2 aromatic carbocycles. The van der Waals surface area contributed by atoms with E-state index in [4.69, 9.17) is 0 Å². The lowest BCUT2D eigenvalue weighted by atomic mass is 10.1. The zero-order valence-corrected chi connectivity index (χ0v) is 18.0. The van der Waals surface area contributed by atoms with Gasteiger partial charge >= 0.3 is 0 Å². The summed E-state index contributed by atoms with van der Waals surface area (Å²) in [7, 11) is 0. The molecule has 2 N–H and O–H groups in total. The second-order valence-corrected chi connectivity index (χ2v) is 7.94. The Morgan fingerprint density at radius 1 is 0.848 bits per heavy atom. The summed E-state index contributed by atoms with van der Waals surface area (Å²) >= 11 is 0. The Morgan fingerprint density at radius 2 is 1.45 bits per heavy atom. The average molecular weight is 448 g/mol. The summed E-state index contributed by atoms with van der Waals surface area (Å²) in [6, 6.07) is 15.8. The first-order valence-corrected chi connectivity index (χ1v) is 10.8. The Labute approximate surface area is 190 Å². The molecule has 2 heterocycles. The van der Waals surface area contributed by atoms with E-state index >= 15 is 0 Å². The number of carbonyl (C=O) groups excluding carboxylic acids is 5. The lowest BCUT2D eigenvalue weighted by Gasteiger charge is -2.16. The Bertz CT molecular complexity index is 1070. The van der Waals surface area contributed by atoms with Gasteiger partial charge in [-0.05, 0) is 24.3 Å². The van der Waals surface area contributed by atoms with Crippen molar-refractivity contribution in [3.8, 4) is 0 Å². The molecule has 0 radical (unpaired) electrons. The molecule has 0 aromatic heterocycles. The third kappa shape index (κ3) is 4.77. The van der Waals surface area contributed by atoms with Gasteiger partial charge in [-0.1, -0.05) is 30.3 Å². The molecule has 0 saturated carbocycles. The summed E-state index contributed by atoms with van der Waals surface area (Å²) in [6.07, 6.45) is 0.121. The fraction of sp³-hybridized carbons (Fsp3) is 0.292. The van der Waals surface area contributed by atoms with Crippen molar-refractivity contribution < 1.29 is 24.0 Å². The van der Waals surface area contributed by atoms with Crippen molar-refractivity contribution in [3.63, 3.8) is 0 Å². The molecule has 2 aliphatic heterocycles. The van der Waals surface area contributed by atoms with Gasteiger partial charge in [-0.2, -0.15) is 0 Å². The molecule has 2 aromatic rings. The number of anilines is 1. The standard InChI is InChI=1S/C24H24N4O5/c29-20(10-13-27-23(32)18-8-4-5-9-19(18)24(27)33)25-11-12-26-22(31)16-14-21(30)28(15-16)17-6-2-1-3-7-17/h1-9,16H,10-15H2,(H,25,29)(H,26,31)/t16-/m0/s1. The number of fused-ring (bicyclic) bond motifs is 1. The van der Waals surface area contributed by atoms with Gasteiger partial charge in [0, 0.05) is 44.7 Å². The zero-order valence-electron chi connectivity index (χ0n) is 18.0. The summed E-state index contributed by atoms with van der Waals surface area (Å²) in [5, 5.41) is 5.41. The highest BCUT2D eigenvalue weighted by Crippen LogP contribution is 2.25. The maximum Gasteiger partial charge on any atom is 0.261 e. The monoisotopic (exact) mass is 448 g/mol. The topological polar surface area (TPSA) is 116 Å². The number of para-hydroxylation sites is 1. The number of nitrogens with zero attached hydrogens (tertiary/aromatic N) is 2. The van der Waals surface area contributed by atoms with Crippen LogP contribution in [0.2, 0.25) is 0 Å². The average Bonchev–Trinajstić information content (AvgIpc) is 3.34. The number of amides is 5. The predicted molar refractivity (Wildman–Crippen MR) is 119 cm³/mol. The van der Waals surface area contributed by atoms with Crippen molar-refractivity contribution in [2.45, 2.75) is 12.8 Å². The minimum Gasteiger partial charge on any atom is -0.354 e. The van der Waals surface area contributed by atoms with Gasteiger partial charge in [0.1, 0.15) is 0 Å². The Hall–Kier alpha value is -4.01. The zero-order chi connectivity index (χ0) is 23.4. The summed E-state index contributed by atoms with van der Waals surface area (Å²) in [5.74, 6) is -1.89. The lowest BCUT2D eigenvalue weighted by Crippen LogP contribution is -2.39. The van der Waals surface area contributed by atoms with Crippen LogP contribution in [0.5, 0.6) is 0 Å². The fourth-order valence-corrected chi connectivity index (χ4v) is 4.02. The summed E-state index contributed by atoms with van der Waals surface area (Å²) < 4.78 is 0. The normalized spacial score (nSPS) is 17.3. The van der Waals surface area contributed by atoms with E-state index in [1.807, 2.05) is 30.3 Å². The van der Waals surface area contributed by atoms with Crippen molar-refractivity contribution in [3.05, 3.63) is 65.7 Å². The molecule has 9 heteroatoms. The molecule has 33 heavy (non-hydrogen) atoms. The highest BCUT2D eigenvalue weighted by molar-refractivity contribution is 6.21. The number of carbonyl (C=O) groups is 5. The van der Waals surface area contributed by atoms with Crippen LogP contribution in [0.25, 0.3) is 0 Å². The molecule has 1 saturated heterocycles. The Balaban J connectivity index is 1.16. The van der Waals surface area contributed by atoms with Gasteiger partial charge in [-0.25, -0.2) is 0 Å². The molecule has 0 aliphatic carbocycles. The van der Waals surface area contributed by atoms with E-state index in [2.05, 4.69) is 10.6 Å². The minimum atomic E-state index is -0.442. The molecular formula is C24H24N4O5. The fourth-order valence-electron chi connectivity index (χ4n) is 4.02. The maximum atomic E-state index is 12.4. The molecule has 0 spiro atoms. The number of imide groups is 1. The molecule has 1 atom stereocenters. The van der Waals surface area contributed by atoms with E-state index in [1.54, 1.807) is 29.2 Å². The maximum absolute atomic E-state index is 12.4. The molecule has 5 amide bonds. The second-order valence-electron chi connectivity index (χ2n) is 7.94. The second kappa shape index (κ2) is 9.64. The van der Waals surface area contributed by atoms with Crippen LogP contribution in [-0.2, 0) is 14.4 Å². The van der Waals surface area contributed by atoms with Crippen LogP contribution in [0.1, 0.15) is 33.6 Å². The van der Waals surface area contributed by atoms with E-state index in [9.17, 15) is 24.0 Å². The van der Waals surface area contributed by atoms with Gasteiger partial charge in [0.15, 0.2) is 0 Å². The Kier molecular flexibility index (Phi) is 6.48. The van der Waals surface area contributed by atoms with Gasteiger partial charge in [-0.15, -0.1) is 0 Å². The smallest absolute Gasteiger partial charge is 0.261 e. The third-order valence-corrected chi connectivity index (χ3v) is 5.75. The SMILES string of the molecule is O=C(CCN1C(=O)c2ccccc2C1=O)NCCNC(=O)[C@H]1CC(=O)N(c2ccccc2)C1. The first-order valence-electron chi connectivity index (χ1n) is 10.8. The van der Waals surface area contributed by atoms with Crippen LogP contribution in [0.4, 0.5) is 5.69 Å². The van der Waals surface area contributed by atoms with Crippen molar-refractivity contribution in [1.29, 1.82) is 0 Å². The molecule has 9 nitrogen and oxygen atoms in total. The van der Waals surface area contributed by atoms with Gasteiger partial charge in [0.05, 0.1) is 17.0 Å². The van der Waals surface area contributed by atoms with Crippen LogP contribution in [-0.4, -0.2) is 60.6 Å². The first kappa shape index (κ1) is 22.2. The molecule has 0 unspecified atom stereocenters. The van der Waals surface area contributed by atoms with E-state index in [0.29, 0.717) is 17.7 Å². The van der Waals surface area contributed by atoms with Crippen LogP contribution < -0.4 is 15.5 Å². The predicted octanol–water partition coefficient (Wildman–Crippen LogP) is 0.958. The lowest BCUT2D eigenvalue weighted by molar-refractivity contribution is -0.126. The van der Waals surface area contributed by atoms with Gasteiger partial charge in [0.2, 0.25) is 17.7 Å². The largest absolute Gasteiger partial charge is 0.354 e. The number of rotatable bonds is 8.